The van der Waals surface area contributed by atoms with Crippen molar-refractivity contribution in [3.05, 3.63) is 24.3 Å². The van der Waals surface area contributed by atoms with Gasteiger partial charge in [-0.1, -0.05) is 20.8 Å². The SMILES string of the molecule is CC(C)(C)[C@H]1CC[C@]2(CC1)CC(=O)N(c1ccc(OC(F)(F)F)cc1)C(=O)N2. The number of benzene rings is 1. The number of amides is 3. The molecule has 3 amide bonds. The van der Waals surface area contributed by atoms with Gasteiger partial charge in [-0.3, -0.25) is 4.79 Å². The molecule has 28 heavy (non-hydrogen) atoms. The van der Waals surface area contributed by atoms with Crippen LogP contribution in [0.2, 0.25) is 0 Å². The highest BCUT2D eigenvalue weighted by molar-refractivity contribution is 6.16. The van der Waals surface area contributed by atoms with Crippen molar-refractivity contribution >= 4 is 17.6 Å². The largest absolute Gasteiger partial charge is 0.573 e. The summed E-state index contributed by atoms with van der Waals surface area (Å²) in [4.78, 5) is 26.4. The molecular weight excluding hydrogens is 373 g/mol. The maximum absolute atomic E-state index is 12.7. The molecular formula is C20H25F3N2O3. The van der Waals surface area contributed by atoms with Crippen LogP contribution in [0.4, 0.5) is 23.7 Å². The highest BCUT2D eigenvalue weighted by Crippen LogP contribution is 2.44. The van der Waals surface area contributed by atoms with Crippen LogP contribution in [0.1, 0.15) is 52.9 Å². The summed E-state index contributed by atoms with van der Waals surface area (Å²) < 4.78 is 40.6. The molecule has 1 saturated carbocycles. The second kappa shape index (κ2) is 6.97. The number of alkyl halides is 3. The Labute approximate surface area is 162 Å². The van der Waals surface area contributed by atoms with Gasteiger partial charge in [0, 0.05) is 0 Å². The number of carbonyl (C=O) groups is 2. The van der Waals surface area contributed by atoms with Crippen LogP contribution in [0.25, 0.3) is 0 Å². The predicted octanol–water partition coefficient (Wildman–Crippen LogP) is 5.01. The zero-order chi connectivity index (χ0) is 20.7. The molecule has 1 aromatic rings. The minimum absolute atomic E-state index is 0.191. The second-order valence-electron chi connectivity index (χ2n) is 8.80. The van der Waals surface area contributed by atoms with E-state index in [1.54, 1.807) is 0 Å². The van der Waals surface area contributed by atoms with E-state index in [0.29, 0.717) is 5.92 Å². The van der Waals surface area contributed by atoms with E-state index in [1.807, 2.05) is 0 Å². The first-order chi connectivity index (χ1) is 12.9. The fourth-order valence-corrected chi connectivity index (χ4v) is 4.21. The third-order valence-corrected chi connectivity index (χ3v) is 5.81. The molecule has 0 atom stereocenters. The Morgan fingerprint density at radius 3 is 2.11 bits per heavy atom. The Bertz CT molecular complexity index is 725. The number of ether oxygens (including phenoxy) is 1. The molecule has 2 fully saturated rings. The van der Waals surface area contributed by atoms with Crippen molar-refractivity contribution in [2.45, 2.75) is 64.8 Å². The first kappa shape index (κ1) is 20.5. The molecule has 1 spiro atoms. The standard InChI is InChI=1S/C20H25F3N2O3/c1-18(2,3)13-8-10-19(11-9-13)12-16(26)25(17(27)24-19)14-4-6-15(7-5-14)28-20(21,22)23/h4-7,13H,8-12H2,1-3H3,(H,24,27)/t13-,19-. The van der Waals surface area contributed by atoms with Crippen molar-refractivity contribution in [3.8, 4) is 5.75 Å². The summed E-state index contributed by atoms with van der Waals surface area (Å²) in [5, 5.41) is 2.99. The molecule has 0 unspecified atom stereocenters. The van der Waals surface area contributed by atoms with Crippen molar-refractivity contribution in [1.29, 1.82) is 0 Å². The molecule has 154 valence electrons. The summed E-state index contributed by atoms with van der Waals surface area (Å²) >= 11 is 0. The molecule has 0 aromatic heterocycles. The highest BCUT2D eigenvalue weighted by Gasteiger charge is 2.46. The lowest BCUT2D eigenvalue weighted by Crippen LogP contribution is -2.63. The molecule has 2 aliphatic rings. The van der Waals surface area contributed by atoms with Gasteiger partial charge in [-0.25, -0.2) is 9.69 Å². The number of urea groups is 1. The van der Waals surface area contributed by atoms with Gasteiger partial charge < -0.3 is 10.1 Å². The molecule has 3 rings (SSSR count). The van der Waals surface area contributed by atoms with Gasteiger partial charge in [0.1, 0.15) is 5.75 Å². The Balaban J connectivity index is 1.69. The van der Waals surface area contributed by atoms with Crippen molar-refractivity contribution in [2.24, 2.45) is 11.3 Å². The zero-order valence-electron chi connectivity index (χ0n) is 16.2. The van der Waals surface area contributed by atoms with Crippen molar-refractivity contribution in [1.82, 2.24) is 5.32 Å². The number of hydrogen-bond donors (Lipinski definition) is 1. The van der Waals surface area contributed by atoms with Crippen LogP contribution in [0, 0.1) is 11.3 Å². The molecule has 1 N–H and O–H groups in total. The number of carbonyl (C=O) groups excluding carboxylic acids is 2. The number of halogens is 3. The number of nitrogens with one attached hydrogen (secondary N) is 1. The van der Waals surface area contributed by atoms with E-state index in [0.717, 1.165) is 42.7 Å². The average molecular weight is 398 g/mol. The van der Waals surface area contributed by atoms with E-state index in [-0.39, 0.29) is 23.4 Å². The Morgan fingerprint density at radius 2 is 1.64 bits per heavy atom. The number of anilines is 1. The Morgan fingerprint density at radius 1 is 1.07 bits per heavy atom. The molecule has 5 nitrogen and oxygen atoms in total. The maximum atomic E-state index is 12.7. The summed E-state index contributed by atoms with van der Waals surface area (Å²) in [7, 11) is 0. The second-order valence-corrected chi connectivity index (χ2v) is 8.80. The molecule has 1 aromatic carbocycles. The minimum atomic E-state index is -4.79. The van der Waals surface area contributed by atoms with E-state index in [1.165, 1.54) is 12.1 Å². The summed E-state index contributed by atoms with van der Waals surface area (Å²) in [6.07, 6.45) is -1.22. The monoisotopic (exact) mass is 398 g/mol. The first-order valence-corrected chi connectivity index (χ1v) is 9.40. The normalized spacial score (nSPS) is 26.4. The van der Waals surface area contributed by atoms with E-state index >= 15 is 0 Å². The lowest BCUT2D eigenvalue weighted by Gasteiger charge is -2.47. The topological polar surface area (TPSA) is 58.6 Å². The van der Waals surface area contributed by atoms with Crippen LogP contribution in [0.5, 0.6) is 5.75 Å². The van der Waals surface area contributed by atoms with E-state index in [2.05, 4.69) is 30.8 Å². The molecule has 0 radical (unpaired) electrons. The Hall–Kier alpha value is -2.25. The van der Waals surface area contributed by atoms with Gasteiger partial charge in [-0.2, -0.15) is 0 Å². The third kappa shape index (κ3) is 4.42. The van der Waals surface area contributed by atoms with Gasteiger partial charge in [-0.05, 0) is 61.3 Å². The maximum Gasteiger partial charge on any atom is 0.573 e. The van der Waals surface area contributed by atoms with Gasteiger partial charge in [0.15, 0.2) is 0 Å². The number of imide groups is 1. The van der Waals surface area contributed by atoms with E-state index in [9.17, 15) is 22.8 Å². The molecule has 8 heteroatoms. The number of hydrogen-bond acceptors (Lipinski definition) is 3. The number of nitrogens with zero attached hydrogens (tertiary/aromatic N) is 1. The van der Waals surface area contributed by atoms with Crippen molar-refractivity contribution in [2.75, 3.05) is 4.90 Å². The predicted molar refractivity (Wildman–Crippen MR) is 97.9 cm³/mol. The molecule has 1 saturated heterocycles. The van der Waals surface area contributed by atoms with Crippen LogP contribution >= 0.6 is 0 Å². The fourth-order valence-electron chi connectivity index (χ4n) is 4.21. The van der Waals surface area contributed by atoms with Crippen LogP contribution in [-0.4, -0.2) is 23.8 Å². The smallest absolute Gasteiger partial charge is 0.406 e. The van der Waals surface area contributed by atoms with Gasteiger partial charge >= 0.3 is 12.4 Å². The van der Waals surface area contributed by atoms with Crippen LogP contribution in [0.3, 0.4) is 0 Å². The lowest BCUT2D eigenvalue weighted by atomic mass is 9.66. The first-order valence-electron chi connectivity index (χ1n) is 9.40. The third-order valence-electron chi connectivity index (χ3n) is 5.81. The quantitative estimate of drug-likeness (QED) is 0.762. The molecule has 1 aliphatic carbocycles. The van der Waals surface area contributed by atoms with Crippen LogP contribution in [0.15, 0.2) is 24.3 Å². The van der Waals surface area contributed by atoms with Crippen LogP contribution < -0.4 is 15.0 Å². The molecule has 1 heterocycles. The fraction of sp³-hybridized carbons (Fsp3) is 0.600. The van der Waals surface area contributed by atoms with Crippen LogP contribution in [-0.2, 0) is 4.79 Å². The average Bonchev–Trinajstić information content (AvgIpc) is 2.54. The lowest BCUT2D eigenvalue weighted by molar-refractivity contribution is -0.274. The van der Waals surface area contributed by atoms with Crippen molar-refractivity contribution in [3.63, 3.8) is 0 Å². The van der Waals surface area contributed by atoms with Gasteiger partial charge in [-0.15, -0.1) is 13.2 Å². The van der Waals surface area contributed by atoms with Gasteiger partial charge in [0.2, 0.25) is 5.91 Å². The van der Waals surface area contributed by atoms with E-state index < -0.39 is 23.7 Å². The van der Waals surface area contributed by atoms with E-state index in [4.69, 9.17) is 0 Å². The van der Waals surface area contributed by atoms with Crippen molar-refractivity contribution < 1.29 is 27.5 Å². The summed E-state index contributed by atoms with van der Waals surface area (Å²) in [6, 6.07) is 4.18. The summed E-state index contributed by atoms with van der Waals surface area (Å²) in [6.45, 7) is 6.61. The summed E-state index contributed by atoms with van der Waals surface area (Å²) in [5.74, 6) is -0.204. The zero-order valence-corrected chi connectivity index (χ0v) is 16.2. The minimum Gasteiger partial charge on any atom is -0.406 e. The van der Waals surface area contributed by atoms with Gasteiger partial charge in [0.25, 0.3) is 0 Å². The molecule has 0 bridgehead atoms. The number of rotatable bonds is 2. The Kier molecular flexibility index (Phi) is 5.10. The summed E-state index contributed by atoms with van der Waals surface area (Å²) in [5.41, 5.74) is -0.113. The van der Waals surface area contributed by atoms with Gasteiger partial charge in [0.05, 0.1) is 17.6 Å². The highest BCUT2D eigenvalue weighted by atomic mass is 19.4. The molecule has 1 aliphatic heterocycles.